The first kappa shape index (κ1) is 19.4. The lowest BCUT2D eigenvalue weighted by Gasteiger charge is -2.33. The number of nitrogens with one attached hydrogen (secondary N) is 1. The molecule has 2 saturated heterocycles. The van der Waals surface area contributed by atoms with E-state index in [-0.39, 0.29) is 36.1 Å². The van der Waals surface area contributed by atoms with E-state index in [1.807, 2.05) is 35.2 Å². The molecule has 7 heteroatoms. The minimum Gasteiger partial charge on any atom is -0.383 e. The van der Waals surface area contributed by atoms with Crippen LogP contribution in [0.25, 0.3) is 0 Å². The quantitative estimate of drug-likeness (QED) is 0.804. The van der Waals surface area contributed by atoms with E-state index in [1.54, 1.807) is 12.0 Å². The molecule has 0 bridgehead atoms. The highest BCUT2D eigenvalue weighted by Gasteiger charge is 2.35. The maximum atomic E-state index is 12.5. The van der Waals surface area contributed by atoms with Crippen LogP contribution in [0.2, 0.25) is 0 Å². The summed E-state index contributed by atoms with van der Waals surface area (Å²) in [5.41, 5.74) is 0.695. The van der Waals surface area contributed by atoms with Crippen molar-refractivity contribution in [2.24, 2.45) is 5.92 Å². The molecule has 7 nitrogen and oxygen atoms in total. The van der Waals surface area contributed by atoms with Crippen molar-refractivity contribution >= 4 is 17.7 Å². The Morgan fingerprint density at radius 1 is 1.19 bits per heavy atom. The van der Waals surface area contributed by atoms with Crippen LogP contribution in [0.15, 0.2) is 30.3 Å². The molecular weight excluding hydrogens is 346 g/mol. The molecule has 0 saturated carbocycles. The molecule has 0 aliphatic carbocycles. The lowest BCUT2D eigenvalue weighted by molar-refractivity contribution is -0.129. The molecule has 1 aromatic carbocycles. The Bertz CT molecular complexity index is 671. The van der Waals surface area contributed by atoms with E-state index in [0.29, 0.717) is 38.3 Å². The third-order valence-corrected chi connectivity index (χ3v) is 5.30. The molecule has 1 N–H and O–H groups in total. The second-order valence-corrected chi connectivity index (χ2v) is 7.17. The van der Waals surface area contributed by atoms with Crippen LogP contribution in [0.1, 0.15) is 29.6 Å². The number of amides is 3. The third-order valence-electron chi connectivity index (χ3n) is 5.30. The SMILES string of the molecule is COCCN1C[C@@H](C(=O)NC2CCN(C(=O)c3ccccc3)CC2)CC1=O. The molecule has 3 amide bonds. The molecule has 2 fully saturated rings. The lowest BCUT2D eigenvalue weighted by Crippen LogP contribution is -2.48. The topological polar surface area (TPSA) is 79.0 Å². The highest BCUT2D eigenvalue weighted by Crippen LogP contribution is 2.19. The summed E-state index contributed by atoms with van der Waals surface area (Å²) in [4.78, 5) is 40.5. The first-order valence-corrected chi connectivity index (χ1v) is 9.50. The minimum atomic E-state index is -0.293. The molecule has 2 aliphatic heterocycles. The molecule has 3 rings (SSSR count). The lowest BCUT2D eigenvalue weighted by atomic mass is 10.0. The van der Waals surface area contributed by atoms with Gasteiger partial charge < -0.3 is 19.9 Å². The van der Waals surface area contributed by atoms with E-state index in [9.17, 15) is 14.4 Å². The number of rotatable bonds is 6. The molecule has 0 aromatic heterocycles. The molecule has 27 heavy (non-hydrogen) atoms. The second kappa shape index (κ2) is 8.99. The highest BCUT2D eigenvalue weighted by atomic mass is 16.5. The molecule has 1 aromatic rings. The van der Waals surface area contributed by atoms with Gasteiger partial charge in [0.05, 0.1) is 12.5 Å². The Morgan fingerprint density at radius 3 is 2.56 bits per heavy atom. The Hall–Kier alpha value is -2.41. The van der Waals surface area contributed by atoms with Crippen molar-refractivity contribution in [1.29, 1.82) is 0 Å². The van der Waals surface area contributed by atoms with Crippen LogP contribution in [0.3, 0.4) is 0 Å². The van der Waals surface area contributed by atoms with Crippen molar-refractivity contribution < 1.29 is 19.1 Å². The maximum Gasteiger partial charge on any atom is 0.253 e. The number of carbonyl (C=O) groups is 3. The number of hydrogen-bond acceptors (Lipinski definition) is 4. The molecule has 0 spiro atoms. The van der Waals surface area contributed by atoms with Crippen molar-refractivity contribution in [3.05, 3.63) is 35.9 Å². The summed E-state index contributed by atoms with van der Waals surface area (Å²) in [7, 11) is 1.60. The number of methoxy groups -OCH3 is 1. The van der Waals surface area contributed by atoms with Crippen molar-refractivity contribution in [3.63, 3.8) is 0 Å². The van der Waals surface area contributed by atoms with E-state index >= 15 is 0 Å². The van der Waals surface area contributed by atoms with Crippen molar-refractivity contribution in [2.45, 2.75) is 25.3 Å². The first-order chi connectivity index (χ1) is 13.1. The van der Waals surface area contributed by atoms with Gasteiger partial charge in [-0.1, -0.05) is 18.2 Å². The van der Waals surface area contributed by atoms with Gasteiger partial charge in [-0.3, -0.25) is 14.4 Å². The van der Waals surface area contributed by atoms with E-state index in [0.717, 1.165) is 12.8 Å². The normalized spacial score (nSPS) is 20.8. The van der Waals surface area contributed by atoms with E-state index in [4.69, 9.17) is 4.74 Å². The fourth-order valence-corrected chi connectivity index (χ4v) is 3.67. The third kappa shape index (κ3) is 4.86. The van der Waals surface area contributed by atoms with Crippen LogP contribution in [0, 0.1) is 5.92 Å². The van der Waals surface area contributed by atoms with Crippen LogP contribution in [0.4, 0.5) is 0 Å². The smallest absolute Gasteiger partial charge is 0.253 e. The molecule has 1 atom stereocenters. The summed E-state index contributed by atoms with van der Waals surface area (Å²) < 4.78 is 5.00. The van der Waals surface area contributed by atoms with Gasteiger partial charge in [-0.2, -0.15) is 0 Å². The summed E-state index contributed by atoms with van der Waals surface area (Å²) in [5.74, 6) is -0.305. The summed E-state index contributed by atoms with van der Waals surface area (Å²) in [6.07, 6.45) is 1.73. The largest absolute Gasteiger partial charge is 0.383 e. The molecule has 146 valence electrons. The van der Waals surface area contributed by atoms with Gasteiger partial charge in [0.25, 0.3) is 5.91 Å². The summed E-state index contributed by atoms with van der Waals surface area (Å²) in [5, 5.41) is 3.07. The van der Waals surface area contributed by atoms with Gasteiger partial charge in [-0.05, 0) is 25.0 Å². The Balaban J connectivity index is 1.45. The standard InChI is InChI=1S/C20H27N3O4/c1-27-12-11-23-14-16(13-18(23)24)19(25)21-17-7-9-22(10-8-17)20(26)15-5-3-2-4-6-15/h2-6,16-17H,7-14H2,1H3,(H,21,25)/t16-/m0/s1. The number of ether oxygens (including phenoxy) is 1. The van der Waals surface area contributed by atoms with Gasteiger partial charge in [-0.25, -0.2) is 0 Å². The van der Waals surface area contributed by atoms with Gasteiger partial charge in [-0.15, -0.1) is 0 Å². The van der Waals surface area contributed by atoms with E-state index in [1.165, 1.54) is 0 Å². The number of hydrogen-bond donors (Lipinski definition) is 1. The highest BCUT2D eigenvalue weighted by molar-refractivity contribution is 5.94. The Morgan fingerprint density at radius 2 is 1.89 bits per heavy atom. The van der Waals surface area contributed by atoms with Crippen LogP contribution in [-0.2, 0) is 14.3 Å². The van der Waals surface area contributed by atoms with Gasteiger partial charge >= 0.3 is 0 Å². The molecule has 2 heterocycles. The Labute approximate surface area is 159 Å². The first-order valence-electron chi connectivity index (χ1n) is 9.50. The predicted molar refractivity (Wildman–Crippen MR) is 100 cm³/mol. The van der Waals surface area contributed by atoms with Crippen LogP contribution >= 0.6 is 0 Å². The van der Waals surface area contributed by atoms with Gasteiger partial charge in [0, 0.05) is 51.3 Å². The van der Waals surface area contributed by atoms with Gasteiger partial charge in [0.1, 0.15) is 0 Å². The van der Waals surface area contributed by atoms with Crippen LogP contribution in [-0.4, -0.2) is 73.5 Å². The zero-order chi connectivity index (χ0) is 19.2. The molecule has 0 unspecified atom stereocenters. The second-order valence-electron chi connectivity index (χ2n) is 7.17. The fraction of sp³-hybridized carbons (Fsp3) is 0.550. The Kier molecular flexibility index (Phi) is 6.45. The monoisotopic (exact) mass is 373 g/mol. The van der Waals surface area contributed by atoms with Crippen LogP contribution < -0.4 is 5.32 Å². The fourth-order valence-electron chi connectivity index (χ4n) is 3.67. The number of carbonyl (C=O) groups excluding carboxylic acids is 3. The summed E-state index contributed by atoms with van der Waals surface area (Å²) >= 11 is 0. The van der Waals surface area contributed by atoms with E-state index < -0.39 is 0 Å². The van der Waals surface area contributed by atoms with Crippen LogP contribution in [0.5, 0.6) is 0 Å². The summed E-state index contributed by atoms with van der Waals surface area (Å²) in [6, 6.07) is 9.31. The van der Waals surface area contributed by atoms with E-state index in [2.05, 4.69) is 5.32 Å². The average molecular weight is 373 g/mol. The minimum absolute atomic E-state index is 0.00970. The van der Waals surface area contributed by atoms with Crippen molar-refractivity contribution in [3.8, 4) is 0 Å². The molecule has 2 aliphatic rings. The summed E-state index contributed by atoms with van der Waals surface area (Å²) in [6.45, 7) is 2.72. The number of likely N-dealkylation sites (tertiary alicyclic amines) is 2. The zero-order valence-electron chi connectivity index (χ0n) is 15.7. The van der Waals surface area contributed by atoms with Crippen molar-refractivity contribution in [2.75, 3.05) is 39.9 Å². The van der Waals surface area contributed by atoms with Gasteiger partial charge in [0.2, 0.25) is 11.8 Å². The maximum absolute atomic E-state index is 12.5. The van der Waals surface area contributed by atoms with Crippen molar-refractivity contribution in [1.82, 2.24) is 15.1 Å². The average Bonchev–Trinajstić information content (AvgIpc) is 3.08. The molecule has 0 radical (unpaired) electrons. The number of nitrogens with zero attached hydrogens (tertiary/aromatic N) is 2. The predicted octanol–water partition coefficient (Wildman–Crippen LogP) is 0.902. The van der Waals surface area contributed by atoms with Gasteiger partial charge in [0.15, 0.2) is 0 Å². The number of piperidine rings is 1. The zero-order valence-corrected chi connectivity index (χ0v) is 15.7. The molecular formula is C20H27N3O4. The number of benzene rings is 1.